The Hall–Kier alpha value is -1.54. The molecule has 0 radical (unpaired) electrons. The highest BCUT2D eigenvalue weighted by atomic mass is 35.5. The zero-order chi connectivity index (χ0) is 11.4. The Morgan fingerprint density at radius 1 is 1.19 bits per heavy atom. The minimum Gasteiger partial charge on any atom is -0.473 e. The highest BCUT2D eigenvalue weighted by Gasteiger charge is 2.00. The summed E-state index contributed by atoms with van der Waals surface area (Å²) >= 11 is 5.84. The van der Waals surface area contributed by atoms with Gasteiger partial charge in [-0.3, -0.25) is 0 Å². The Balaban J connectivity index is 2.05. The third kappa shape index (κ3) is 2.97. The predicted molar refractivity (Wildman–Crippen MR) is 64.8 cm³/mol. The highest BCUT2D eigenvalue weighted by Crippen LogP contribution is 2.16. The van der Waals surface area contributed by atoms with Crippen LogP contribution in [0.5, 0.6) is 5.88 Å². The first-order chi connectivity index (χ1) is 7.74. The van der Waals surface area contributed by atoms with Gasteiger partial charge in [0.2, 0.25) is 5.88 Å². The molecule has 0 N–H and O–H groups in total. The van der Waals surface area contributed by atoms with E-state index in [1.807, 2.05) is 43.3 Å². The van der Waals surface area contributed by atoms with Crippen molar-refractivity contribution >= 4 is 11.6 Å². The molecule has 0 aliphatic rings. The lowest BCUT2D eigenvalue weighted by Crippen LogP contribution is -1.97. The van der Waals surface area contributed by atoms with Crippen LogP contribution in [0.3, 0.4) is 0 Å². The van der Waals surface area contributed by atoms with Gasteiger partial charge in [0.25, 0.3) is 0 Å². The number of halogens is 1. The van der Waals surface area contributed by atoms with Gasteiger partial charge in [0.05, 0.1) is 0 Å². The second kappa shape index (κ2) is 4.99. The van der Waals surface area contributed by atoms with Crippen molar-refractivity contribution in [1.82, 2.24) is 4.98 Å². The molecule has 0 unspecified atom stereocenters. The SMILES string of the molecule is Cc1cc(Cl)nc(OCc2ccccc2)c1. The fraction of sp³-hybridized carbons (Fsp3) is 0.154. The topological polar surface area (TPSA) is 22.1 Å². The first-order valence-corrected chi connectivity index (χ1v) is 5.43. The molecule has 16 heavy (non-hydrogen) atoms. The summed E-state index contributed by atoms with van der Waals surface area (Å²) in [7, 11) is 0. The molecule has 0 aliphatic carbocycles. The van der Waals surface area contributed by atoms with Gasteiger partial charge >= 0.3 is 0 Å². The van der Waals surface area contributed by atoms with E-state index in [0.29, 0.717) is 17.6 Å². The summed E-state index contributed by atoms with van der Waals surface area (Å²) < 4.78 is 5.56. The summed E-state index contributed by atoms with van der Waals surface area (Å²) in [5.74, 6) is 0.564. The van der Waals surface area contributed by atoms with E-state index in [1.54, 1.807) is 6.07 Å². The molecule has 0 amide bonds. The highest BCUT2D eigenvalue weighted by molar-refractivity contribution is 6.29. The molecular weight excluding hydrogens is 222 g/mol. The number of hydrogen-bond acceptors (Lipinski definition) is 2. The summed E-state index contributed by atoms with van der Waals surface area (Å²) in [6, 6.07) is 13.6. The first kappa shape index (κ1) is 11.0. The van der Waals surface area contributed by atoms with Crippen molar-refractivity contribution in [3.63, 3.8) is 0 Å². The summed E-state index contributed by atoms with van der Waals surface area (Å²) in [5.41, 5.74) is 2.16. The average molecular weight is 234 g/mol. The van der Waals surface area contributed by atoms with Gasteiger partial charge in [-0.1, -0.05) is 41.9 Å². The van der Waals surface area contributed by atoms with Crippen molar-refractivity contribution in [3.05, 3.63) is 58.7 Å². The Kier molecular flexibility index (Phi) is 3.42. The molecule has 0 aliphatic heterocycles. The third-order valence-electron chi connectivity index (χ3n) is 2.14. The monoisotopic (exact) mass is 233 g/mol. The molecule has 1 heterocycles. The van der Waals surface area contributed by atoms with E-state index >= 15 is 0 Å². The molecule has 1 aromatic heterocycles. The van der Waals surface area contributed by atoms with Gasteiger partial charge in [0.15, 0.2) is 0 Å². The van der Waals surface area contributed by atoms with Gasteiger partial charge in [-0.15, -0.1) is 0 Å². The predicted octanol–water partition coefficient (Wildman–Crippen LogP) is 3.62. The van der Waals surface area contributed by atoms with E-state index in [9.17, 15) is 0 Å². The molecule has 1 aromatic carbocycles. The number of rotatable bonds is 3. The Labute approximate surface area is 99.9 Å². The molecule has 0 bridgehead atoms. The van der Waals surface area contributed by atoms with Crippen LogP contribution in [-0.2, 0) is 6.61 Å². The van der Waals surface area contributed by atoms with Crippen LogP contribution in [0.4, 0.5) is 0 Å². The molecule has 0 spiro atoms. The van der Waals surface area contributed by atoms with E-state index in [0.717, 1.165) is 11.1 Å². The maximum Gasteiger partial charge on any atom is 0.215 e. The van der Waals surface area contributed by atoms with Crippen LogP contribution in [0, 0.1) is 6.92 Å². The maximum atomic E-state index is 5.84. The van der Waals surface area contributed by atoms with Crippen molar-refractivity contribution in [3.8, 4) is 5.88 Å². The molecule has 0 atom stereocenters. The van der Waals surface area contributed by atoms with Crippen molar-refractivity contribution < 1.29 is 4.74 Å². The van der Waals surface area contributed by atoms with Crippen molar-refractivity contribution in [2.75, 3.05) is 0 Å². The molecule has 82 valence electrons. The first-order valence-electron chi connectivity index (χ1n) is 5.05. The van der Waals surface area contributed by atoms with Crippen molar-refractivity contribution in [2.45, 2.75) is 13.5 Å². The largest absolute Gasteiger partial charge is 0.473 e. The standard InChI is InChI=1S/C13H12ClNO/c1-10-7-12(14)15-13(8-10)16-9-11-5-3-2-4-6-11/h2-8H,9H2,1H3. The fourth-order valence-corrected chi connectivity index (χ4v) is 1.65. The molecule has 0 fully saturated rings. The molecule has 0 saturated carbocycles. The lowest BCUT2D eigenvalue weighted by Gasteiger charge is -2.06. The van der Waals surface area contributed by atoms with Gasteiger partial charge in [0.1, 0.15) is 11.8 Å². The van der Waals surface area contributed by atoms with Crippen LogP contribution in [-0.4, -0.2) is 4.98 Å². The summed E-state index contributed by atoms with van der Waals surface area (Å²) in [5, 5.41) is 0.461. The van der Waals surface area contributed by atoms with Crippen molar-refractivity contribution in [2.24, 2.45) is 0 Å². The van der Waals surface area contributed by atoms with Crippen LogP contribution in [0.2, 0.25) is 5.15 Å². The van der Waals surface area contributed by atoms with Crippen LogP contribution in [0.15, 0.2) is 42.5 Å². The zero-order valence-corrected chi connectivity index (χ0v) is 9.74. The van der Waals surface area contributed by atoms with Gasteiger partial charge in [-0.05, 0) is 24.1 Å². The number of benzene rings is 1. The van der Waals surface area contributed by atoms with Crippen LogP contribution in [0.1, 0.15) is 11.1 Å². The molecule has 2 rings (SSSR count). The number of aryl methyl sites for hydroxylation is 1. The Morgan fingerprint density at radius 3 is 2.62 bits per heavy atom. The van der Waals surface area contributed by atoms with E-state index in [-0.39, 0.29) is 0 Å². The molecule has 2 aromatic rings. The zero-order valence-electron chi connectivity index (χ0n) is 8.98. The third-order valence-corrected chi connectivity index (χ3v) is 2.34. The van der Waals surface area contributed by atoms with E-state index in [2.05, 4.69) is 4.98 Å². The van der Waals surface area contributed by atoms with Gasteiger partial charge < -0.3 is 4.74 Å². The van der Waals surface area contributed by atoms with Gasteiger partial charge in [-0.25, -0.2) is 4.98 Å². The fourth-order valence-electron chi connectivity index (χ4n) is 1.40. The molecule has 2 nitrogen and oxygen atoms in total. The summed E-state index contributed by atoms with van der Waals surface area (Å²) in [6.45, 7) is 2.47. The lowest BCUT2D eigenvalue weighted by molar-refractivity contribution is 0.294. The lowest BCUT2D eigenvalue weighted by atomic mass is 10.2. The van der Waals surface area contributed by atoms with Crippen LogP contribution >= 0.6 is 11.6 Å². The number of nitrogens with zero attached hydrogens (tertiary/aromatic N) is 1. The smallest absolute Gasteiger partial charge is 0.215 e. The van der Waals surface area contributed by atoms with E-state index in [1.165, 1.54) is 0 Å². The maximum absolute atomic E-state index is 5.84. The number of aromatic nitrogens is 1. The van der Waals surface area contributed by atoms with Crippen LogP contribution < -0.4 is 4.74 Å². The van der Waals surface area contributed by atoms with E-state index in [4.69, 9.17) is 16.3 Å². The molecular formula is C13H12ClNO. The average Bonchev–Trinajstić information content (AvgIpc) is 2.27. The Bertz CT molecular complexity index is 450. The Morgan fingerprint density at radius 2 is 1.94 bits per heavy atom. The van der Waals surface area contributed by atoms with Crippen LogP contribution in [0.25, 0.3) is 0 Å². The summed E-state index contributed by atoms with van der Waals surface area (Å²) in [4.78, 5) is 4.09. The molecule has 0 saturated heterocycles. The second-order valence-electron chi connectivity index (χ2n) is 3.58. The molecule has 3 heteroatoms. The summed E-state index contributed by atoms with van der Waals surface area (Å²) in [6.07, 6.45) is 0. The number of hydrogen-bond donors (Lipinski definition) is 0. The minimum absolute atomic E-state index is 0.461. The van der Waals surface area contributed by atoms with Crippen molar-refractivity contribution in [1.29, 1.82) is 0 Å². The van der Waals surface area contributed by atoms with Gasteiger partial charge in [0, 0.05) is 6.07 Å². The normalized spacial score (nSPS) is 10.1. The van der Waals surface area contributed by atoms with E-state index < -0.39 is 0 Å². The number of pyridine rings is 1. The minimum atomic E-state index is 0.461. The number of ether oxygens (including phenoxy) is 1. The quantitative estimate of drug-likeness (QED) is 0.756. The van der Waals surface area contributed by atoms with Gasteiger partial charge in [-0.2, -0.15) is 0 Å². The second-order valence-corrected chi connectivity index (χ2v) is 3.97.